The van der Waals surface area contributed by atoms with Crippen LogP contribution in [-0.2, 0) is 29.6 Å². The third kappa shape index (κ3) is 5.62. The van der Waals surface area contributed by atoms with Crippen molar-refractivity contribution in [3.8, 4) is 11.5 Å². The normalized spacial score (nSPS) is 12.0. The molecule has 0 atom stereocenters. The van der Waals surface area contributed by atoms with Crippen molar-refractivity contribution >= 4 is 32.3 Å². The minimum absolute atomic E-state index is 0.0573. The molecule has 3 aromatic heterocycles. The topological polar surface area (TPSA) is 102 Å². The number of pyridine rings is 2. The van der Waals surface area contributed by atoms with E-state index in [2.05, 4.69) is 9.97 Å². The summed E-state index contributed by atoms with van der Waals surface area (Å²) in [6.45, 7) is 2.69. The molecule has 0 aliphatic carbocycles. The number of anilines is 1. The van der Waals surface area contributed by atoms with Crippen LogP contribution in [0.3, 0.4) is 0 Å². The van der Waals surface area contributed by atoms with E-state index >= 15 is 0 Å². The van der Waals surface area contributed by atoms with Crippen molar-refractivity contribution in [2.75, 3.05) is 17.8 Å². The number of benzene rings is 2. The number of aryl methyl sites for hydroxylation is 1. The van der Waals surface area contributed by atoms with Gasteiger partial charge < -0.3 is 9.13 Å². The van der Waals surface area contributed by atoms with E-state index < -0.39 is 27.3 Å². The summed E-state index contributed by atoms with van der Waals surface area (Å²) in [4.78, 5) is 21.7. The first-order valence-electron chi connectivity index (χ1n) is 13.7. The van der Waals surface area contributed by atoms with Crippen molar-refractivity contribution in [3.63, 3.8) is 0 Å². The highest BCUT2D eigenvalue weighted by Gasteiger charge is 2.36. The molecule has 0 aliphatic heterocycles. The van der Waals surface area contributed by atoms with Crippen LogP contribution in [-0.4, -0.2) is 46.0 Å². The molecule has 5 aromatic rings. The zero-order valence-electron chi connectivity index (χ0n) is 24.4. The van der Waals surface area contributed by atoms with Gasteiger partial charge in [0.25, 0.3) is 5.56 Å². The maximum atomic E-state index is 13.8. The number of hydrogen-bond acceptors (Lipinski definition) is 7. The Bertz CT molecular complexity index is 2000. The molecule has 0 saturated heterocycles. The van der Waals surface area contributed by atoms with Crippen molar-refractivity contribution in [3.05, 3.63) is 106 Å². The lowest BCUT2D eigenvalue weighted by molar-refractivity contribution is -0.144. The molecule has 0 fully saturated rings. The molecule has 0 unspecified atom stereocenters. The Morgan fingerprint density at radius 3 is 2.09 bits per heavy atom. The lowest BCUT2D eigenvalue weighted by atomic mass is 10.0. The summed E-state index contributed by atoms with van der Waals surface area (Å²) in [6.07, 6.45) is -3.38. The maximum absolute atomic E-state index is 13.8. The van der Waals surface area contributed by atoms with Crippen LogP contribution in [0.1, 0.15) is 30.7 Å². The van der Waals surface area contributed by atoms with E-state index in [0.29, 0.717) is 16.0 Å². The largest absolute Gasteiger partial charge is 0.431 e. The second-order valence-corrected chi connectivity index (χ2v) is 12.2. The molecule has 0 aliphatic rings. The monoisotopic (exact) mass is 622 g/mol. The quantitative estimate of drug-likeness (QED) is 0.167. The van der Waals surface area contributed by atoms with Gasteiger partial charge in [-0.05, 0) is 19.1 Å². The summed E-state index contributed by atoms with van der Waals surface area (Å²) in [5, 5.41) is 6.30. The highest BCUT2D eigenvalue weighted by Crippen LogP contribution is 2.33. The van der Waals surface area contributed by atoms with Gasteiger partial charge in [0, 0.05) is 31.8 Å². The van der Waals surface area contributed by atoms with Crippen molar-refractivity contribution in [1.82, 2.24) is 19.1 Å². The predicted octanol–water partition coefficient (Wildman–Crippen LogP) is 5.52. The first kappa shape index (κ1) is 30.7. The van der Waals surface area contributed by atoms with Crippen LogP contribution in [0.5, 0.6) is 0 Å². The van der Waals surface area contributed by atoms with E-state index in [1.165, 1.54) is 42.7 Å². The van der Waals surface area contributed by atoms with Gasteiger partial charge in [-0.3, -0.25) is 9.80 Å². The van der Waals surface area contributed by atoms with Gasteiger partial charge in [0.15, 0.2) is 15.7 Å². The molecular weight excluding hydrogens is 593 g/mol. The molecule has 228 valence electrons. The maximum Gasteiger partial charge on any atom is 0.431 e. The smallest absolute Gasteiger partial charge is 0.321 e. The first-order chi connectivity index (χ1) is 20.9. The molecule has 5 rings (SSSR count). The van der Waals surface area contributed by atoms with Gasteiger partial charge in [-0.25, -0.2) is 18.4 Å². The number of hydrazone groups is 1. The fourth-order valence-electron chi connectivity index (χ4n) is 4.93. The van der Waals surface area contributed by atoms with Crippen molar-refractivity contribution in [2.45, 2.75) is 31.5 Å². The SMILES string of the molecule is CCn1c(C(F)(F)F)cc2nc(-c3ncc(N(C)N=C(c4ccccc4)c4ccccc4)cc3S(=O)(=O)CC)n(C)c2c1=O. The molecule has 0 radical (unpaired) electrons. The summed E-state index contributed by atoms with van der Waals surface area (Å²) in [5.74, 6) is -0.333. The van der Waals surface area contributed by atoms with E-state index in [-0.39, 0.29) is 39.7 Å². The second-order valence-electron chi connectivity index (χ2n) is 9.95. The van der Waals surface area contributed by atoms with Crippen LogP contribution in [0.2, 0.25) is 0 Å². The Morgan fingerprint density at radius 2 is 1.57 bits per heavy atom. The van der Waals surface area contributed by atoms with Gasteiger partial charge in [0.2, 0.25) is 0 Å². The van der Waals surface area contributed by atoms with Crippen molar-refractivity contribution in [2.24, 2.45) is 12.1 Å². The van der Waals surface area contributed by atoms with Gasteiger partial charge in [0.1, 0.15) is 16.9 Å². The number of imidazole rings is 1. The third-order valence-electron chi connectivity index (χ3n) is 7.22. The number of rotatable bonds is 8. The van der Waals surface area contributed by atoms with Crippen molar-refractivity contribution in [1.29, 1.82) is 0 Å². The zero-order chi connectivity index (χ0) is 31.8. The second kappa shape index (κ2) is 11.7. The van der Waals surface area contributed by atoms with E-state index in [1.807, 2.05) is 60.7 Å². The summed E-state index contributed by atoms with van der Waals surface area (Å²) >= 11 is 0. The minimum atomic E-state index is -4.79. The summed E-state index contributed by atoms with van der Waals surface area (Å²) in [6, 6.07) is 21.2. The van der Waals surface area contributed by atoms with Gasteiger partial charge in [-0.2, -0.15) is 18.3 Å². The number of hydrogen-bond donors (Lipinski definition) is 0. The van der Waals surface area contributed by atoms with Crippen LogP contribution < -0.4 is 10.6 Å². The number of fused-ring (bicyclic) bond motifs is 1. The highest BCUT2D eigenvalue weighted by atomic mass is 32.2. The number of nitrogens with zero attached hydrogens (tertiary/aromatic N) is 6. The average molecular weight is 623 g/mol. The molecule has 44 heavy (non-hydrogen) atoms. The third-order valence-corrected chi connectivity index (χ3v) is 8.97. The van der Waals surface area contributed by atoms with Gasteiger partial charge in [-0.1, -0.05) is 67.6 Å². The Balaban J connectivity index is 1.69. The molecule has 0 N–H and O–H groups in total. The summed E-state index contributed by atoms with van der Waals surface area (Å²) in [7, 11) is -0.826. The standard InChI is InChI=1S/C31H29F3N6O3S/c1-5-40-25(31(32,33)34)18-23-28(30(40)41)38(3)29(36-23)27-24(44(42,43)6-2)17-22(19-35-27)39(4)37-26(20-13-9-7-10-14-20)21-15-11-8-12-16-21/h7-19H,5-6H2,1-4H3. The number of sulfone groups is 1. The Hall–Kier alpha value is -4.78. The molecule has 0 amide bonds. The fourth-order valence-corrected chi connectivity index (χ4v) is 5.98. The molecule has 0 saturated carbocycles. The van der Waals surface area contributed by atoms with Crippen LogP contribution in [0.25, 0.3) is 22.6 Å². The Kier molecular flexibility index (Phi) is 8.17. The molecule has 13 heteroatoms. The number of aromatic nitrogens is 4. The van der Waals surface area contributed by atoms with Gasteiger partial charge in [-0.15, -0.1) is 0 Å². The molecular formula is C31H29F3N6O3S. The van der Waals surface area contributed by atoms with Crippen LogP contribution in [0.15, 0.2) is 93.8 Å². The van der Waals surface area contributed by atoms with Gasteiger partial charge >= 0.3 is 6.18 Å². The van der Waals surface area contributed by atoms with E-state index in [4.69, 9.17) is 5.10 Å². The number of alkyl halides is 3. The molecule has 0 spiro atoms. The molecule has 3 heterocycles. The zero-order valence-corrected chi connectivity index (χ0v) is 25.2. The van der Waals surface area contributed by atoms with E-state index in [0.717, 1.165) is 17.2 Å². The molecule has 9 nitrogen and oxygen atoms in total. The van der Waals surface area contributed by atoms with Crippen LogP contribution in [0, 0.1) is 0 Å². The van der Waals surface area contributed by atoms with Crippen LogP contribution in [0.4, 0.5) is 18.9 Å². The van der Waals surface area contributed by atoms with Gasteiger partial charge in [0.05, 0.1) is 33.8 Å². The lowest BCUT2D eigenvalue weighted by Gasteiger charge is -2.18. The van der Waals surface area contributed by atoms with Crippen LogP contribution >= 0.6 is 0 Å². The predicted molar refractivity (Wildman–Crippen MR) is 164 cm³/mol. The van der Waals surface area contributed by atoms with E-state index in [9.17, 15) is 26.4 Å². The van der Waals surface area contributed by atoms with E-state index in [1.54, 1.807) is 7.05 Å². The summed E-state index contributed by atoms with van der Waals surface area (Å²) < 4.78 is 69.9. The molecule has 0 bridgehead atoms. The lowest BCUT2D eigenvalue weighted by Crippen LogP contribution is -2.28. The highest BCUT2D eigenvalue weighted by molar-refractivity contribution is 7.91. The van der Waals surface area contributed by atoms with Crippen molar-refractivity contribution < 1.29 is 21.6 Å². The Labute approximate surface area is 251 Å². The number of halogens is 3. The molecule has 2 aromatic carbocycles. The fraction of sp³-hybridized carbons (Fsp3) is 0.226. The average Bonchev–Trinajstić information content (AvgIpc) is 3.35. The Morgan fingerprint density at radius 1 is 0.977 bits per heavy atom. The summed E-state index contributed by atoms with van der Waals surface area (Å²) in [5.41, 5.74) is 0.230. The first-order valence-corrected chi connectivity index (χ1v) is 15.4. The minimum Gasteiger partial charge on any atom is -0.321 e.